The zero-order valence-corrected chi connectivity index (χ0v) is 19.9. The fourth-order valence-corrected chi connectivity index (χ4v) is 4.42. The van der Waals surface area contributed by atoms with Gasteiger partial charge in [0, 0.05) is 6.54 Å². The Morgan fingerprint density at radius 3 is 1.54 bits per heavy atom. The zero-order valence-electron chi connectivity index (χ0n) is 19.9. The van der Waals surface area contributed by atoms with Gasteiger partial charge >= 0.3 is 5.97 Å². The standard InChI is InChI=1S/C31H31NO3/c1-24(33)29(30(34)35-23-25-14-6-2-7-15-25)22-32-31(26-16-8-3-9-17-26,27-18-10-4-11-19-27)28-20-12-5-13-21-28/h2-21,24,29,32-33H,22-23H2,1H3/t24-,29+/m1/s1. The summed E-state index contributed by atoms with van der Waals surface area (Å²) in [5.41, 5.74) is 3.31. The molecule has 0 bridgehead atoms. The summed E-state index contributed by atoms with van der Waals surface area (Å²) in [6, 6.07) is 40.1. The predicted octanol–water partition coefficient (Wildman–Crippen LogP) is 5.31. The molecule has 0 unspecified atom stereocenters. The van der Waals surface area contributed by atoms with Crippen LogP contribution in [0.3, 0.4) is 0 Å². The van der Waals surface area contributed by atoms with Crippen molar-refractivity contribution in [2.24, 2.45) is 5.92 Å². The van der Waals surface area contributed by atoms with Crippen molar-refractivity contribution >= 4 is 5.97 Å². The largest absolute Gasteiger partial charge is 0.460 e. The van der Waals surface area contributed by atoms with Crippen LogP contribution < -0.4 is 5.32 Å². The van der Waals surface area contributed by atoms with Gasteiger partial charge < -0.3 is 9.84 Å². The number of aliphatic hydroxyl groups is 1. The molecule has 2 atom stereocenters. The molecule has 4 heteroatoms. The minimum Gasteiger partial charge on any atom is -0.460 e. The van der Waals surface area contributed by atoms with Crippen LogP contribution in [-0.2, 0) is 21.7 Å². The average Bonchev–Trinajstić information content (AvgIpc) is 2.92. The lowest BCUT2D eigenvalue weighted by Gasteiger charge is -2.38. The highest BCUT2D eigenvalue weighted by Gasteiger charge is 2.38. The zero-order chi connectivity index (χ0) is 24.5. The lowest BCUT2D eigenvalue weighted by atomic mass is 9.76. The molecule has 4 aromatic rings. The highest BCUT2D eigenvalue weighted by molar-refractivity contribution is 5.73. The summed E-state index contributed by atoms with van der Waals surface area (Å²) in [6.07, 6.45) is -0.884. The van der Waals surface area contributed by atoms with E-state index in [9.17, 15) is 9.90 Å². The molecular formula is C31H31NO3. The van der Waals surface area contributed by atoms with Crippen molar-refractivity contribution in [2.75, 3.05) is 6.54 Å². The maximum Gasteiger partial charge on any atom is 0.313 e. The van der Waals surface area contributed by atoms with E-state index in [4.69, 9.17) is 4.74 Å². The Morgan fingerprint density at radius 2 is 1.14 bits per heavy atom. The Hall–Kier alpha value is -3.73. The summed E-state index contributed by atoms with van der Waals surface area (Å²) < 4.78 is 5.59. The Balaban J connectivity index is 1.68. The molecule has 0 saturated heterocycles. The summed E-state index contributed by atoms with van der Waals surface area (Å²) in [5.74, 6) is -1.17. The number of carbonyl (C=O) groups excluding carboxylic acids is 1. The third-order valence-corrected chi connectivity index (χ3v) is 6.32. The first-order chi connectivity index (χ1) is 17.1. The van der Waals surface area contributed by atoms with Gasteiger partial charge in [0.15, 0.2) is 0 Å². The van der Waals surface area contributed by atoms with Crippen LogP contribution in [0.4, 0.5) is 0 Å². The number of carbonyl (C=O) groups is 1. The molecule has 4 rings (SSSR count). The van der Waals surface area contributed by atoms with Crippen molar-refractivity contribution < 1.29 is 14.6 Å². The molecule has 0 aromatic heterocycles. The molecule has 0 spiro atoms. The first-order valence-electron chi connectivity index (χ1n) is 11.9. The van der Waals surface area contributed by atoms with Crippen LogP contribution >= 0.6 is 0 Å². The molecule has 178 valence electrons. The van der Waals surface area contributed by atoms with Crippen molar-refractivity contribution in [3.8, 4) is 0 Å². The molecule has 35 heavy (non-hydrogen) atoms. The normalized spacial score (nSPS) is 13.1. The van der Waals surface area contributed by atoms with E-state index < -0.39 is 23.5 Å². The first-order valence-corrected chi connectivity index (χ1v) is 11.9. The number of esters is 1. The smallest absolute Gasteiger partial charge is 0.313 e. The van der Waals surface area contributed by atoms with Crippen molar-refractivity contribution in [1.29, 1.82) is 0 Å². The lowest BCUT2D eigenvalue weighted by Crippen LogP contribution is -2.49. The highest BCUT2D eigenvalue weighted by atomic mass is 16.5. The second-order valence-electron chi connectivity index (χ2n) is 8.67. The van der Waals surface area contributed by atoms with Gasteiger partial charge in [0.05, 0.1) is 17.6 Å². The van der Waals surface area contributed by atoms with Crippen LogP contribution in [0.15, 0.2) is 121 Å². The Bertz CT molecular complexity index is 1080. The van der Waals surface area contributed by atoms with Gasteiger partial charge in [0.2, 0.25) is 0 Å². The van der Waals surface area contributed by atoms with Crippen LogP contribution in [0.1, 0.15) is 29.2 Å². The van der Waals surface area contributed by atoms with Crippen molar-refractivity contribution in [1.82, 2.24) is 5.32 Å². The molecule has 0 aliphatic carbocycles. The predicted molar refractivity (Wildman–Crippen MR) is 139 cm³/mol. The lowest BCUT2D eigenvalue weighted by molar-refractivity contribution is -0.153. The van der Waals surface area contributed by atoms with Crippen LogP contribution in [0.25, 0.3) is 0 Å². The molecule has 0 saturated carbocycles. The quantitative estimate of drug-likeness (QED) is 0.246. The van der Waals surface area contributed by atoms with Crippen LogP contribution in [0, 0.1) is 5.92 Å². The maximum atomic E-state index is 13.1. The number of hydrogen-bond acceptors (Lipinski definition) is 4. The molecule has 4 nitrogen and oxygen atoms in total. The van der Waals surface area contributed by atoms with Gasteiger partial charge in [0.25, 0.3) is 0 Å². The second-order valence-corrected chi connectivity index (χ2v) is 8.67. The van der Waals surface area contributed by atoms with Crippen LogP contribution in [0.5, 0.6) is 0 Å². The number of benzene rings is 4. The van der Waals surface area contributed by atoms with E-state index in [0.29, 0.717) is 0 Å². The SMILES string of the molecule is C[C@@H](O)[C@H](CNC(c1ccccc1)(c1ccccc1)c1ccccc1)C(=O)OCc1ccccc1. The van der Waals surface area contributed by atoms with Crippen LogP contribution in [0.2, 0.25) is 0 Å². The average molecular weight is 466 g/mol. The first kappa shape index (κ1) is 24.4. The fourth-order valence-electron chi connectivity index (χ4n) is 4.42. The minimum atomic E-state index is -0.884. The van der Waals surface area contributed by atoms with E-state index >= 15 is 0 Å². The molecule has 0 aliphatic rings. The molecule has 2 N–H and O–H groups in total. The van der Waals surface area contributed by atoms with E-state index in [-0.39, 0.29) is 13.2 Å². The van der Waals surface area contributed by atoms with E-state index in [1.165, 1.54) is 0 Å². The van der Waals surface area contributed by atoms with Gasteiger partial charge in [0.1, 0.15) is 6.61 Å². The third-order valence-electron chi connectivity index (χ3n) is 6.32. The Labute approximate surface area is 207 Å². The van der Waals surface area contributed by atoms with E-state index in [2.05, 4.69) is 41.7 Å². The summed E-state index contributed by atoms with van der Waals surface area (Å²) in [5, 5.41) is 14.2. The van der Waals surface area contributed by atoms with Gasteiger partial charge in [-0.25, -0.2) is 0 Å². The third kappa shape index (κ3) is 5.68. The van der Waals surface area contributed by atoms with Crippen molar-refractivity contribution in [3.05, 3.63) is 144 Å². The summed E-state index contributed by atoms with van der Waals surface area (Å²) in [7, 11) is 0. The van der Waals surface area contributed by atoms with E-state index in [0.717, 1.165) is 22.3 Å². The number of ether oxygens (including phenoxy) is 1. The molecule has 0 heterocycles. The molecule has 0 aliphatic heterocycles. The van der Waals surface area contributed by atoms with Gasteiger partial charge in [-0.2, -0.15) is 0 Å². The highest BCUT2D eigenvalue weighted by Crippen LogP contribution is 2.37. The Kier molecular flexibility index (Phi) is 8.09. The minimum absolute atomic E-state index is 0.171. The second kappa shape index (κ2) is 11.6. The monoisotopic (exact) mass is 465 g/mol. The maximum absolute atomic E-state index is 13.1. The van der Waals surface area contributed by atoms with E-state index in [1.807, 2.05) is 84.9 Å². The summed E-state index contributed by atoms with van der Waals surface area (Å²) >= 11 is 0. The molecule has 0 fully saturated rings. The van der Waals surface area contributed by atoms with Gasteiger partial charge in [-0.05, 0) is 29.2 Å². The van der Waals surface area contributed by atoms with Crippen LogP contribution in [-0.4, -0.2) is 23.7 Å². The summed E-state index contributed by atoms with van der Waals surface area (Å²) in [4.78, 5) is 13.1. The fraction of sp³-hybridized carbons (Fsp3) is 0.194. The number of hydrogen-bond donors (Lipinski definition) is 2. The summed E-state index contributed by atoms with van der Waals surface area (Å²) in [6.45, 7) is 2.03. The molecule has 4 aromatic carbocycles. The molecular weight excluding hydrogens is 434 g/mol. The van der Waals surface area contributed by atoms with E-state index in [1.54, 1.807) is 6.92 Å². The molecule has 0 amide bonds. The van der Waals surface area contributed by atoms with Gasteiger partial charge in [-0.3, -0.25) is 10.1 Å². The van der Waals surface area contributed by atoms with Crippen molar-refractivity contribution in [2.45, 2.75) is 25.2 Å². The topological polar surface area (TPSA) is 58.6 Å². The Morgan fingerprint density at radius 1 is 0.743 bits per heavy atom. The molecule has 0 radical (unpaired) electrons. The van der Waals surface area contributed by atoms with Gasteiger partial charge in [-0.1, -0.05) is 121 Å². The number of rotatable bonds is 10. The number of aliphatic hydroxyl groups excluding tert-OH is 1. The van der Waals surface area contributed by atoms with Gasteiger partial charge in [-0.15, -0.1) is 0 Å². The number of nitrogens with one attached hydrogen (secondary N) is 1. The van der Waals surface area contributed by atoms with Crippen molar-refractivity contribution in [3.63, 3.8) is 0 Å².